The largest absolute Gasteiger partial charge is 0.392 e. The van der Waals surface area contributed by atoms with Gasteiger partial charge in [0.1, 0.15) is 0 Å². The van der Waals surface area contributed by atoms with Gasteiger partial charge in [-0.25, -0.2) is 0 Å². The van der Waals surface area contributed by atoms with Crippen LogP contribution in [0.1, 0.15) is 45.8 Å². The molecule has 1 aromatic rings. The molecule has 0 spiro atoms. The average Bonchev–Trinajstić information content (AvgIpc) is 2.72. The van der Waals surface area contributed by atoms with Gasteiger partial charge in [-0.1, -0.05) is 32.9 Å². The molecular formula is C13H23N3O2. The molecule has 1 aromatic heterocycles. The molecule has 2 heterocycles. The quantitative estimate of drug-likeness (QED) is 0.867. The molecule has 5 heteroatoms. The minimum atomic E-state index is -0.247. The predicted octanol–water partition coefficient (Wildman–Crippen LogP) is 1.57. The lowest BCUT2D eigenvalue weighted by Gasteiger charge is -2.33. The van der Waals surface area contributed by atoms with E-state index in [9.17, 15) is 5.11 Å². The number of piperidine rings is 1. The van der Waals surface area contributed by atoms with Crippen molar-refractivity contribution in [1.29, 1.82) is 0 Å². The van der Waals surface area contributed by atoms with Crippen molar-refractivity contribution in [2.24, 2.45) is 5.92 Å². The van der Waals surface area contributed by atoms with Gasteiger partial charge in [0.2, 0.25) is 5.89 Å². The smallest absolute Gasteiger partial charge is 0.240 e. The Labute approximate surface area is 108 Å². The van der Waals surface area contributed by atoms with Gasteiger partial charge in [0.05, 0.1) is 12.6 Å². The lowest BCUT2D eigenvalue weighted by atomic mass is 9.96. The van der Waals surface area contributed by atoms with Crippen molar-refractivity contribution in [3.63, 3.8) is 0 Å². The van der Waals surface area contributed by atoms with Gasteiger partial charge in [0.15, 0.2) is 5.82 Å². The van der Waals surface area contributed by atoms with E-state index in [1.807, 2.05) is 0 Å². The van der Waals surface area contributed by atoms with Crippen LogP contribution < -0.4 is 0 Å². The highest BCUT2D eigenvalue weighted by molar-refractivity contribution is 5.00. The zero-order valence-electron chi connectivity index (χ0n) is 11.7. The molecule has 1 fully saturated rings. The van der Waals surface area contributed by atoms with Crippen molar-refractivity contribution < 1.29 is 9.63 Å². The Morgan fingerprint density at radius 3 is 2.72 bits per heavy atom. The summed E-state index contributed by atoms with van der Waals surface area (Å²) in [6, 6.07) is 0. The number of β-amino-alcohol motifs (C(OH)–C–C–N with tert-alkyl or cyclic N) is 1. The minimum Gasteiger partial charge on any atom is -0.392 e. The first-order valence-electron chi connectivity index (χ1n) is 6.60. The van der Waals surface area contributed by atoms with Crippen molar-refractivity contribution >= 4 is 0 Å². The molecule has 5 nitrogen and oxygen atoms in total. The second-order valence-electron chi connectivity index (χ2n) is 6.33. The number of aliphatic hydroxyl groups excluding tert-OH is 1. The summed E-state index contributed by atoms with van der Waals surface area (Å²) in [4.78, 5) is 6.59. The molecule has 18 heavy (non-hydrogen) atoms. The van der Waals surface area contributed by atoms with Crippen molar-refractivity contribution in [3.8, 4) is 0 Å². The molecule has 0 radical (unpaired) electrons. The van der Waals surface area contributed by atoms with Gasteiger partial charge in [-0.05, 0) is 18.9 Å². The lowest BCUT2D eigenvalue weighted by Crippen LogP contribution is -2.42. The Morgan fingerprint density at radius 1 is 1.44 bits per heavy atom. The van der Waals surface area contributed by atoms with Gasteiger partial charge in [-0.3, -0.25) is 4.90 Å². The highest BCUT2D eigenvalue weighted by Crippen LogP contribution is 2.21. The van der Waals surface area contributed by atoms with E-state index in [1.165, 1.54) is 0 Å². The van der Waals surface area contributed by atoms with Crippen LogP contribution in [0.4, 0.5) is 0 Å². The van der Waals surface area contributed by atoms with Gasteiger partial charge in [0, 0.05) is 12.0 Å². The Kier molecular flexibility index (Phi) is 3.73. The first kappa shape index (κ1) is 13.5. The number of aromatic nitrogens is 2. The maximum Gasteiger partial charge on any atom is 0.240 e. The Hall–Kier alpha value is -0.940. The molecule has 0 aromatic carbocycles. The van der Waals surface area contributed by atoms with Crippen molar-refractivity contribution in [3.05, 3.63) is 11.7 Å². The van der Waals surface area contributed by atoms with E-state index < -0.39 is 0 Å². The summed E-state index contributed by atoms with van der Waals surface area (Å²) in [7, 11) is 0. The molecule has 0 bridgehead atoms. The highest BCUT2D eigenvalue weighted by atomic mass is 16.5. The third-order valence-corrected chi connectivity index (χ3v) is 3.50. The number of likely N-dealkylation sites (tertiary alicyclic amines) is 1. The van der Waals surface area contributed by atoms with E-state index in [1.54, 1.807) is 0 Å². The predicted molar refractivity (Wildman–Crippen MR) is 68.1 cm³/mol. The normalized spacial score (nSPS) is 26.5. The molecule has 0 amide bonds. The molecular weight excluding hydrogens is 230 g/mol. The maximum atomic E-state index is 9.85. The Balaban J connectivity index is 1.96. The third kappa shape index (κ3) is 3.09. The summed E-state index contributed by atoms with van der Waals surface area (Å²) in [5, 5.41) is 13.9. The van der Waals surface area contributed by atoms with Gasteiger partial charge < -0.3 is 9.63 Å². The van der Waals surface area contributed by atoms with Crippen LogP contribution in [0.25, 0.3) is 0 Å². The second kappa shape index (κ2) is 4.97. The fourth-order valence-electron chi connectivity index (χ4n) is 2.07. The van der Waals surface area contributed by atoms with Gasteiger partial charge in [-0.2, -0.15) is 4.98 Å². The molecule has 0 saturated carbocycles. The van der Waals surface area contributed by atoms with Crippen LogP contribution in [0, 0.1) is 5.92 Å². The van der Waals surface area contributed by atoms with Crippen LogP contribution >= 0.6 is 0 Å². The van der Waals surface area contributed by atoms with E-state index >= 15 is 0 Å². The number of rotatable bonds is 2. The first-order chi connectivity index (χ1) is 8.36. The van der Waals surface area contributed by atoms with Crippen LogP contribution in [0.5, 0.6) is 0 Å². The molecule has 2 atom stereocenters. The molecule has 0 aliphatic carbocycles. The monoisotopic (exact) mass is 253 g/mol. The van der Waals surface area contributed by atoms with Crippen LogP contribution in [-0.2, 0) is 12.0 Å². The highest BCUT2D eigenvalue weighted by Gasteiger charge is 2.26. The zero-order chi connectivity index (χ0) is 13.3. The van der Waals surface area contributed by atoms with Crippen molar-refractivity contribution in [2.75, 3.05) is 13.1 Å². The number of hydrogen-bond donors (Lipinski definition) is 1. The fourth-order valence-corrected chi connectivity index (χ4v) is 2.07. The molecule has 2 unspecified atom stereocenters. The molecule has 1 saturated heterocycles. The summed E-state index contributed by atoms with van der Waals surface area (Å²) in [5.74, 6) is 1.76. The SMILES string of the molecule is CC1CCN(Cc2nc(C(C)(C)C)no2)CC1O. The van der Waals surface area contributed by atoms with E-state index in [0.29, 0.717) is 24.9 Å². The van der Waals surface area contributed by atoms with Gasteiger partial charge in [-0.15, -0.1) is 0 Å². The Bertz CT molecular complexity index is 397. The summed E-state index contributed by atoms with van der Waals surface area (Å²) < 4.78 is 5.27. The first-order valence-corrected chi connectivity index (χ1v) is 6.60. The summed E-state index contributed by atoms with van der Waals surface area (Å²) >= 11 is 0. The molecule has 102 valence electrons. The van der Waals surface area contributed by atoms with Crippen LogP contribution in [-0.4, -0.2) is 39.3 Å². The van der Waals surface area contributed by atoms with E-state index in [-0.39, 0.29) is 11.5 Å². The number of nitrogens with zero attached hydrogens (tertiary/aromatic N) is 3. The van der Waals surface area contributed by atoms with E-state index in [4.69, 9.17) is 4.52 Å². The average molecular weight is 253 g/mol. The van der Waals surface area contributed by atoms with Crippen molar-refractivity contribution in [2.45, 2.75) is 52.2 Å². The number of aliphatic hydroxyl groups is 1. The van der Waals surface area contributed by atoms with Crippen LogP contribution in [0.15, 0.2) is 4.52 Å². The minimum absolute atomic E-state index is 0.0856. The Morgan fingerprint density at radius 2 is 2.17 bits per heavy atom. The molecule has 1 N–H and O–H groups in total. The van der Waals surface area contributed by atoms with E-state index in [2.05, 4.69) is 42.7 Å². The topological polar surface area (TPSA) is 62.4 Å². The van der Waals surface area contributed by atoms with E-state index in [0.717, 1.165) is 18.8 Å². The van der Waals surface area contributed by atoms with Crippen LogP contribution in [0.2, 0.25) is 0 Å². The maximum absolute atomic E-state index is 9.85. The number of hydrogen-bond acceptors (Lipinski definition) is 5. The van der Waals surface area contributed by atoms with Gasteiger partial charge in [0.25, 0.3) is 0 Å². The second-order valence-corrected chi connectivity index (χ2v) is 6.33. The van der Waals surface area contributed by atoms with Crippen LogP contribution in [0.3, 0.4) is 0 Å². The van der Waals surface area contributed by atoms with Gasteiger partial charge >= 0.3 is 0 Å². The lowest BCUT2D eigenvalue weighted by molar-refractivity contribution is 0.0220. The molecule has 1 aliphatic heterocycles. The zero-order valence-corrected chi connectivity index (χ0v) is 11.7. The summed E-state index contributed by atoms with van der Waals surface area (Å²) in [6.45, 7) is 10.6. The molecule has 1 aliphatic rings. The third-order valence-electron chi connectivity index (χ3n) is 3.50. The fraction of sp³-hybridized carbons (Fsp3) is 0.846. The standard InChI is InChI=1S/C13H23N3O2/c1-9-5-6-16(7-10(9)17)8-11-14-12(15-18-11)13(2,3)4/h9-10,17H,5-8H2,1-4H3. The summed E-state index contributed by atoms with van der Waals surface area (Å²) in [6.07, 6.45) is 0.769. The molecule has 2 rings (SSSR count). The van der Waals surface area contributed by atoms with Crippen molar-refractivity contribution in [1.82, 2.24) is 15.0 Å². The summed E-state index contributed by atoms with van der Waals surface area (Å²) in [5.41, 5.74) is -0.0856.